The average Bonchev–Trinajstić information content (AvgIpc) is 2.72. The Kier molecular flexibility index (Phi) is 7.55. The van der Waals surface area contributed by atoms with Crippen molar-refractivity contribution in [1.29, 1.82) is 0 Å². The molecule has 0 aliphatic rings. The van der Waals surface area contributed by atoms with E-state index in [-0.39, 0.29) is 11.9 Å². The maximum atomic E-state index is 12.6. The Labute approximate surface area is 177 Å². The monoisotopic (exact) mass is 436 g/mol. The molecule has 2 aromatic rings. The molecule has 0 saturated heterocycles. The number of rotatable bonds is 9. The molecule has 0 unspecified atom stereocenters. The van der Waals surface area contributed by atoms with Gasteiger partial charge in [-0.15, -0.1) is 0 Å². The summed E-state index contributed by atoms with van der Waals surface area (Å²) >= 11 is 0. The normalized spacial score (nSPS) is 13.1. The van der Waals surface area contributed by atoms with Gasteiger partial charge >= 0.3 is 0 Å². The minimum Gasteiger partial charge on any atom is -0.497 e. The minimum atomic E-state index is -3.35. The molecule has 2 aromatic carbocycles. The lowest BCUT2D eigenvalue weighted by Gasteiger charge is -2.21. The summed E-state index contributed by atoms with van der Waals surface area (Å²) in [5, 5.41) is 2.90. The number of carbonyl (C=O) groups is 1. The summed E-state index contributed by atoms with van der Waals surface area (Å²) in [7, 11) is 1.26. The van der Waals surface area contributed by atoms with Gasteiger partial charge in [-0.1, -0.05) is 0 Å². The smallest absolute Gasteiger partial charge is 0.261 e. The average molecular weight is 437 g/mol. The molecule has 0 aliphatic carbocycles. The third-order valence-electron chi connectivity index (χ3n) is 4.64. The molecule has 0 radical (unpaired) electrons. The third-order valence-corrected chi connectivity index (χ3v) is 5.85. The fourth-order valence-electron chi connectivity index (χ4n) is 2.77. The fourth-order valence-corrected chi connectivity index (χ4v) is 3.27. The zero-order valence-corrected chi connectivity index (χ0v) is 18.8. The summed E-state index contributed by atoms with van der Waals surface area (Å²) in [5.41, 5.74) is 1.28. The second-order valence-corrected chi connectivity index (χ2v) is 8.84. The molecule has 0 aromatic heterocycles. The quantitative estimate of drug-likeness (QED) is 0.650. The molecule has 0 spiro atoms. The second kappa shape index (κ2) is 9.71. The van der Waals surface area contributed by atoms with Crippen molar-refractivity contribution in [2.45, 2.75) is 26.0 Å². The summed E-state index contributed by atoms with van der Waals surface area (Å²) < 4.78 is 40.7. The van der Waals surface area contributed by atoms with Crippen LogP contribution < -0.4 is 23.8 Å². The first-order valence-corrected chi connectivity index (χ1v) is 11.1. The van der Waals surface area contributed by atoms with Crippen LogP contribution in [-0.2, 0) is 14.8 Å². The maximum absolute atomic E-state index is 12.6. The van der Waals surface area contributed by atoms with Crippen LogP contribution >= 0.6 is 0 Å². The summed E-state index contributed by atoms with van der Waals surface area (Å²) in [6, 6.07) is 11.5. The zero-order valence-electron chi connectivity index (χ0n) is 18.0. The molecule has 1 N–H and O–H groups in total. The van der Waals surface area contributed by atoms with Gasteiger partial charge in [-0.3, -0.25) is 9.10 Å². The van der Waals surface area contributed by atoms with Crippen molar-refractivity contribution in [3.63, 3.8) is 0 Å². The van der Waals surface area contributed by atoms with Crippen LogP contribution in [-0.4, -0.2) is 48.0 Å². The molecule has 2 rings (SSSR count). The highest BCUT2D eigenvalue weighted by Crippen LogP contribution is 2.29. The first kappa shape index (κ1) is 23.3. The number of nitrogens with one attached hydrogen (secondary N) is 1. The molecule has 30 heavy (non-hydrogen) atoms. The van der Waals surface area contributed by atoms with Crippen molar-refractivity contribution >= 4 is 21.6 Å². The number of ether oxygens (including phenoxy) is 3. The Morgan fingerprint density at radius 3 is 2.13 bits per heavy atom. The van der Waals surface area contributed by atoms with Crippen LogP contribution in [0.15, 0.2) is 42.5 Å². The number of amides is 1. The van der Waals surface area contributed by atoms with Gasteiger partial charge < -0.3 is 19.5 Å². The first-order valence-electron chi connectivity index (χ1n) is 9.29. The lowest BCUT2D eigenvalue weighted by Crippen LogP contribution is -2.37. The van der Waals surface area contributed by atoms with Gasteiger partial charge in [-0.2, -0.15) is 0 Å². The summed E-state index contributed by atoms with van der Waals surface area (Å²) in [6.45, 7) is 3.49. The van der Waals surface area contributed by atoms with Crippen LogP contribution in [0.5, 0.6) is 17.2 Å². The van der Waals surface area contributed by atoms with Gasteiger partial charge in [0.1, 0.15) is 17.2 Å². The molecule has 0 aliphatic heterocycles. The minimum absolute atomic E-state index is 0.301. The first-order chi connectivity index (χ1) is 14.1. The number of methoxy groups -OCH3 is 2. The summed E-state index contributed by atoms with van der Waals surface area (Å²) in [5.74, 6) is 1.46. The van der Waals surface area contributed by atoms with Gasteiger partial charge in [0.15, 0.2) is 6.10 Å². The molecule has 0 heterocycles. The van der Waals surface area contributed by atoms with Gasteiger partial charge in [0.05, 0.1) is 32.2 Å². The highest BCUT2D eigenvalue weighted by atomic mass is 32.2. The van der Waals surface area contributed by atoms with E-state index >= 15 is 0 Å². The predicted molar refractivity (Wildman–Crippen MR) is 116 cm³/mol. The Morgan fingerprint density at radius 1 is 1.00 bits per heavy atom. The fraction of sp³-hybridized carbons (Fsp3) is 0.381. The molecule has 0 fully saturated rings. The van der Waals surface area contributed by atoms with Gasteiger partial charge in [0, 0.05) is 12.6 Å². The number of carbonyl (C=O) groups excluding carboxylic acids is 1. The van der Waals surface area contributed by atoms with Crippen LogP contribution in [0.25, 0.3) is 0 Å². The highest BCUT2D eigenvalue weighted by molar-refractivity contribution is 7.92. The van der Waals surface area contributed by atoms with Crippen LogP contribution in [0.2, 0.25) is 0 Å². The lowest BCUT2D eigenvalue weighted by atomic mass is 10.1. The Bertz CT molecular complexity index is 975. The molecular weight excluding hydrogens is 408 g/mol. The van der Waals surface area contributed by atoms with E-state index in [0.29, 0.717) is 22.9 Å². The van der Waals surface area contributed by atoms with E-state index in [1.54, 1.807) is 57.5 Å². The van der Waals surface area contributed by atoms with E-state index < -0.39 is 16.1 Å². The standard InChI is InChI=1S/C21H28N2O6S/c1-14(19-13-18(27-4)11-12-20(19)28-5)22-21(24)15(2)29-17-9-7-16(8-10-17)23(3)30(6,25)26/h7-15H,1-6H3,(H,22,24)/t14-,15+/m1/s1. The topological polar surface area (TPSA) is 94.2 Å². The van der Waals surface area contributed by atoms with Crippen LogP contribution in [0, 0.1) is 0 Å². The summed E-state index contributed by atoms with van der Waals surface area (Å²) in [6.07, 6.45) is 0.366. The van der Waals surface area contributed by atoms with Crippen molar-refractivity contribution in [3.05, 3.63) is 48.0 Å². The molecule has 164 valence electrons. The van der Waals surface area contributed by atoms with Crippen LogP contribution in [0.1, 0.15) is 25.5 Å². The SMILES string of the molecule is COc1ccc(OC)c([C@@H](C)NC(=O)[C@H](C)Oc2ccc(N(C)S(C)(=O)=O)cc2)c1. The number of hydrogen-bond acceptors (Lipinski definition) is 6. The van der Waals surface area contributed by atoms with E-state index in [1.807, 2.05) is 13.0 Å². The van der Waals surface area contributed by atoms with E-state index in [1.165, 1.54) is 7.05 Å². The van der Waals surface area contributed by atoms with Crippen molar-refractivity contribution in [3.8, 4) is 17.2 Å². The van der Waals surface area contributed by atoms with Gasteiger partial charge in [-0.25, -0.2) is 8.42 Å². The Morgan fingerprint density at radius 2 is 1.60 bits per heavy atom. The largest absolute Gasteiger partial charge is 0.497 e. The van der Waals surface area contributed by atoms with E-state index in [0.717, 1.165) is 16.1 Å². The number of benzene rings is 2. The van der Waals surface area contributed by atoms with E-state index in [2.05, 4.69) is 5.32 Å². The molecule has 9 heteroatoms. The van der Waals surface area contributed by atoms with Crippen molar-refractivity contribution < 1.29 is 27.4 Å². The van der Waals surface area contributed by atoms with Gasteiger partial charge in [0.2, 0.25) is 10.0 Å². The van der Waals surface area contributed by atoms with Crippen molar-refractivity contribution in [1.82, 2.24) is 5.32 Å². The molecule has 0 saturated carbocycles. The molecule has 2 atom stereocenters. The van der Waals surface area contributed by atoms with E-state index in [4.69, 9.17) is 14.2 Å². The van der Waals surface area contributed by atoms with Crippen LogP contribution in [0.4, 0.5) is 5.69 Å². The van der Waals surface area contributed by atoms with Gasteiger partial charge in [0.25, 0.3) is 5.91 Å². The highest BCUT2D eigenvalue weighted by Gasteiger charge is 2.20. The van der Waals surface area contributed by atoms with Gasteiger partial charge in [-0.05, 0) is 56.3 Å². The number of nitrogens with zero attached hydrogens (tertiary/aromatic N) is 1. The molecule has 0 bridgehead atoms. The Balaban J connectivity index is 2.04. The number of hydrogen-bond donors (Lipinski definition) is 1. The maximum Gasteiger partial charge on any atom is 0.261 e. The predicted octanol–water partition coefficient (Wildman–Crippen LogP) is 2.74. The number of anilines is 1. The zero-order chi connectivity index (χ0) is 22.5. The van der Waals surface area contributed by atoms with E-state index in [9.17, 15) is 13.2 Å². The number of sulfonamides is 1. The van der Waals surface area contributed by atoms with Crippen LogP contribution in [0.3, 0.4) is 0 Å². The molecular formula is C21H28N2O6S. The molecule has 8 nitrogen and oxygen atoms in total. The Hall–Kier alpha value is -2.94. The third kappa shape index (κ3) is 5.79. The lowest BCUT2D eigenvalue weighted by molar-refractivity contribution is -0.127. The summed E-state index contributed by atoms with van der Waals surface area (Å²) in [4.78, 5) is 12.6. The van der Waals surface area contributed by atoms with Crippen molar-refractivity contribution in [2.75, 3.05) is 31.8 Å². The molecule has 1 amide bonds. The van der Waals surface area contributed by atoms with Crippen molar-refractivity contribution in [2.24, 2.45) is 0 Å². The second-order valence-electron chi connectivity index (χ2n) is 6.82.